The van der Waals surface area contributed by atoms with E-state index in [0.717, 1.165) is 17.7 Å². The van der Waals surface area contributed by atoms with Gasteiger partial charge in [0.2, 0.25) is 5.43 Å². The second-order valence-electron chi connectivity index (χ2n) is 8.04. The number of pyridine rings is 2. The van der Waals surface area contributed by atoms with Gasteiger partial charge in [0.05, 0.1) is 12.5 Å². The average molecular weight is 440 g/mol. The molecule has 1 saturated heterocycles. The summed E-state index contributed by atoms with van der Waals surface area (Å²) in [7, 11) is 1.59. The smallest absolute Gasteiger partial charge is 0.341 e. The van der Waals surface area contributed by atoms with Crippen molar-refractivity contribution in [1.82, 2.24) is 9.55 Å². The molecule has 0 amide bonds. The number of nitrogens with zero attached hydrogens (tertiary/aromatic N) is 3. The molecule has 1 unspecified atom stereocenters. The van der Waals surface area contributed by atoms with Crippen LogP contribution in [-0.2, 0) is 13.0 Å². The number of nitrogens with two attached hydrogens (primary N) is 1. The van der Waals surface area contributed by atoms with Gasteiger partial charge in [0.15, 0.2) is 11.6 Å². The largest absolute Gasteiger partial charge is 0.497 e. The lowest BCUT2D eigenvalue weighted by Gasteiger charge is -2.21. The maximum Gasteiger partial charge on any atom is 0.341 e. The van der Waals surface area contributed by atoms with Gasteiger partial charge < -0.3 is 25.0 Å². The number of carboxylic acids is 1. The number of carboxylic acid groups (broad SMARTS) is 1. The van der Waals surface area contributed by atoms with Crippen molar-refractivity contribution in [3.05, 3.63) is 63.2 Å². The second kappa shape index (κ2) is 8.58. The number of halogens is 1. The Labute approximate surface area is 184 Å². The molecule has 2 aromatic heterocycles. The molecule has 3 heterocycles. The average Bonchev–Trinajstić information content (AvgIpc) is 3.21. The molecule has 1 fully saturated rings. The summed E-state index contributed by atoms with van der Waals surface area (Å²) in [6.45, 7) is 2.89. The monoisotopic (exact) mass is 440 g/mol. The number of hydrogen-bond acceptors (Lipinski definition) is 6. The van der Waals surface area contributed by atoms with Gasteiger partial charge in [-0.2, -0.15) is 0 Å². The van der Waals surface area contributed by atoms with E-state index in [1.807, 2.05) is 24.3 Å². The molecular weight excluding hydrogens is 415 g/mol. The van der Waals surface area contributed by atoms with E-state index < -0.39 is 22.8 Å². The van der Waals surface area contributed by atoms with Crippen molar-refractivity contribution >= 4 is 22.8 Å². The molecule has 0 radical (unpaired) electrons. The quantitative estimate of drug-likeness (QED) is 0.605. The number of methoxy groups -OCH3 is 1. The summed E-state index contributed by atoms with van der Waals surface area (Å²) >= 11 is 0. The molecule has 3 N–H and O–H groups in total. The molecule has 0 bridgehead atoms. The molecule has 0 aliphatic carbocycles. The Morgan fingerprint density at radius 2 is 2.06 bits per heavy atom. The molecule has 0 saturated carbocycles. The van der Waals surface area contributed by atoms with Crippen LogP contribution in [-0.4, -0.2) is 46.9 Å². The Balaban J connectivity index is 1.83. The number of rotatable bonds is 6. The molecule has 1 atom stereocenters. The Hall–Kier alpha value is -3.46. The number of carbonyl (C=O) groups is 1. The lowest BCUT2D eigenvalue weighted by atomic mass is 10.1. The van der Waals surface area contributed by atoms with Gasteiger partial charge in [-0.25, -0.2) is 14.2 Å². The fraction of sp³-hybridized carbons (Fsp3) is 0.348. The molecule has 8 nitrogen and oxygen atoms in total. The molecule has 1 aliphatic heterocycles. The normalized spacial score (nSPS) is 16.0. The van der Waals surface area contributed by atoms with Gasteiger partial charge in [-0.15, -0.1) is 0 Å². The fourth-order valence-corrected chi connectivity index (χ4v) is 4.09. The Kier molecular flexibility index (Phi) is 5.84. The Bertz CT molecular complexity index is 1240. The zero-order chi connectivity index (χ0) is 23.0. The van der Waals surface area contributed by atoms with Crippen LogP contribution in [0.1, 0.15) is 27.9 Å². The topological polar surface area (TPSA) is 111 Å². The summed E-state index contributed by atoms with van der Waals surface area (Å²) in [5.41, 5.74) is 6.20. The number of anilines is 1. The van der Waals surface area contributed by atoms with Crippen molar-refractivity contribution < 1.29 is 19.0 Å². The summed E-state index contributed by atoms with van der Waals surface area (Å²) in [5, 5.41) is 9.54. The van der Waals surface area contributed by atoms with Crippen LogP contribution in [0.4, 0.5) is 10.2 Å². The van der Waals surface area contributed by atoms with Crippen LogP contribution in [0.5, 0.6) is 5.75 Å². The van der Waals surface area contributed by atoms with Crippen LogP contribution in [0.25, 0.3) is 11.0 Å². The molecule has 32 heavy (non-hydrogen) atoms. The van der Waals surface area contributed by atoms with Crippen molar-refractivity contribution in [3.8, 4) is 5.75 Å². The number of fused-ring (bicyclic) bond motifs is 1. The van der Waals surface area contributed by atoms with E-state index in [-0.39, 0.29) is 28.5 Å². The Morgan fingerprint density at radius 3 is 2.66 bits per heavy atom. The third-order valence-corrected chi connectivity index (χ3v) is 5.92. The van der Waals surface area contributed by atoms with Gasteiger partial charge in [0.25, 0.3) is 0 Å². The number of ether oxygens (including phenoxy) is 1. The first kappa shape index (κ1) is 21.8. The molecule has 1 aliphatic rings. The minimum atomic E-state index is -1.36. The minimum absolute atomic E-state index is 0.00984. The van der Waals surface area contributed by atoms with Crippen LogP contribution in [0, 0.1) is 12.7 Å². The molecular formula is C23H25FN4O4. The zero-order valence-electron chi connectivity index (χ0n) is 18.0. The van der Waals surface area contributed by atoms with E-state index in [9.17, 15) is 14.7 Å². The van der Waals surface area contributed by atoms with Crippen LogP contribution in [0.2, 0.25) is 0 Å². The highest BCUT2D eigenvalue weighted by Crippen LogP contribution is 2.28. The van der Waals surface area contributed by atoms with Crippen LogP contribution >= 0.6 is 0 Å². The highest BCUT2D eigenvalue weighted by Gasteiger charge is 2.27. The van der Waals surface area contributed by atoms with Crippen molar-refractivity contribution in [2.75, 3.05) is 25.1 Å². The number of hydrogen-bond donors (Lipinski definition) is 2. The van der Waals surface area contributed by atoms with Gasteiger partial charge in [0, 0.05) is 37.4 Å². The van der Waals surface area contributed by atoms with Crippen molar-refractivity contribution in [3.63, 3.8) is 0 Å². The van der Waals surface area contributed by atoms with Gasteiger partial charge >= 0.3 is 5.97 Å². The number of aryl methyl sites for hydroxylation is 3. The SMILES string of the molecule is COc1ccc(CCn2cc(C(=O)O)c(=O)c3c(C)c(F)c(N4CCC(N)C4)nc32)cc1. The second-order valence-corrected chi connectivity index (χ2v) is 8.04. The first-order chi connectivity index (χ1) is 15.3. The summed E-state index contributed by atoms with van der Waals surface area (Å²) in [5.74, 6) is -1.10. The van der Waals surface area contributed by atoms with Crippen LogP contribution in [0.15, 0.2) is 35.3 Å². The summed E-state index contributed by atoms with van der Waals surface area (Å²) in [4.78, 5) is 30.9. The first-order valence-corrected chi connectivity index (χ1v) is 10.4. The van der Waals surface area contributed by atoms with E-state index in [4.69, 9.17) is 10.5 Å². The third kappa shape index (κ3) is 3.91. The standard InChI is InChI=1S/C23H25FN4O4/c1-13-18-20(29)17(23(30)31)12-28(9-7-14-3-5-16(32-2)6-4-14)21(18)26-22(19(13)24)27-10-8-15(25)11-27/h3-6,12,15H,7-11,25H2,1-2H3,(H,30,31). The number of benzene rings is 1. The maximum absolute atomic E-state index is 15.2. The molecule has 3 aromatic rings. The summed E-state index contributed by atoms with van der Waals surface area (Å²) in [6.07, 6.45) is 2.57. The van der Waals surface area contributed by atoms with Crippen molar-refractivity contribution in [2.45, 2.75) is 32.4 Å². The lowest BCUT2D eigenvalue weighted by molar-refractivity contribution is 0.0695. The van der Waals surface area contributed by atoms with E-state index in [1.165, 1.54) is 13.1 Å². The van der Waals surface area contributed by atoms with Gasteiger partial charge in [-0.05, 0) is 37.5 Å². The van der Waals surface area contributed by atoms with Gasteiger partial charge in [0.1, 0.15) is 17.0 Å². The van der Waals surface area contributed by atoms with E-state index in [0.29, 0.717) is 26.1 Å². The van der Waals surface area contributed by atoms with Gasteiger partial charge in [-0.1, -0.05) is 12.1 Å². The van der Waals surface area contributed by atoms with E-state index >= 15 is 4.39 Å². The predicted octanol–water partition coefficient (Wildman–Crippen LogP) is 2.33. The van der Waals surface area contributed by atoms with Crippen molar-refractivity contribution in [2.24, 2.45) is 5.73 Å². The molecule has 0 spiro atoms. The number of aromatic nitrogens is 2. The molecule has 168 valence electrons. The van der Waals surface area contributed by atoms with Crippen LogP contribution in [0.3, 0.4) is 0 Å². The number of aromatic carboxylic acids is 1. The highest BCUT2D eigenvalue weighted by molar-refractivity contribution is 5.93. The van der Waals surface area contributed by atoms with E-state index in [2.05, 4.69) is 4.98 Å². The predicted molar refractivity (Wildman–Crippen MR) is 119 cm³/mol. The van der Waals surface area contributed by atoms with E-state index in [1.54, 1.807) is 16.6 Å². The molecule has 9 heteroatoms. The first-order valence-electron chi connectivity index (χ1n) is 10.4. The summed E-state index contributed by atoms with van der Waals surface area (Å²) < 4.78 is 22.0. The molecule has 1 aromatic carbocycles. The fourth-order valence-electron chi connectivity index (χ4n) is 4.09. The third-order valence-electron chi connectivity index (χ3n) is 5.92. The molecule has 4 rings (SSSR count). The highest BCUT2D eigenvalue weighted by atomic mass is 19.1. The lowest BCUT2D eigenvalue weighted by Crippen LogP contribution is -2.29. The Morgan fingerprint density at radius 1 is 1.34 bits per heavy atom. The van der Waals surface area contributed by atoms with Gasteiger partial charge in [-0.3, -0.25) is 4.79 Å². The minimum Gasteiger partial charge on any atom is -0.497 e. The summed E-state index contributed by atoms with van der Waals surface area (Å²) in [6, 6.07) is 7.44. The van der Waals surface area contributed by atoms with Crippen molar-refractivity contribution in [1.29, 1.82) is 0 Å². The zero-order valence-corrected chi connectivity index (χ0v) is 18.0. The maximum atomic E-state index is 15.2. The van der Waals surface area contributed by atoms with Crippen LogP contribution < -0.4 is 20.8 Å².